The second-order valence-corrected chi connectivity index (χ2v) is 5.17. The molecule has 1 rings (SSSR count). The van der Waals surface area contributed by atoms with Gasteiger partial charge in [-0.05, 0) is 50.9 Å². The lowest BCUT2D eigenvalue weighted by Gasteiger charge is -2.13. The maximum Gasteiger partial charge on any atom is 0.166 e. The number of hydrogen-bond acceptors (Lipinski definition) is 2. The predicted octanol–water partition coefficient (Wildman–Crippen LogP) is 2.26. The lowest BCUT2D eigenvalue weighted by atomic mass is 10.2. The molecule has 0 aliphatic carbocycles. The quantitative estimate of drug-likeness (QED) is 0.619. The van der Waals surface area contributed by atoms with Gasteiger partial charge in [0.25, 0.3) is 0 Å². The summed E-state index contributed by atoms with van der Waals surface area (Å²) in [6, 6.07) is 7.76. The van der Waals surface area contributed by atoms with Crippen LogP contribution in [0, 0.1) is 0 Å². The molecule has 3 nitrogen and oxygen atoms in total. The minimum atomic E-state index is 0.652. The summed E-state index contributed by atoms with van der Waals surface area (Å²) in [6.45, 7) is 2.59. The highest BCUT2D eigenvalue weighted by Gasteiger charge is 2.00. The Labute approximate surface area is 120 Å². The molecule has 18 heavy (non-hydrogen) atoms. The zero-order valence-electron chi connectivity index (χ0n) is 10.9. The summed E-state index contributed by atoms with van der Waals surface area (Å²) in [5.74, 6) is 0. The number of rotatable bonds is 6. The SMILES string of the molecule is CN(C)CCCNC(=S)NCc1ccccc1Cl. The lowest BCUT2D eigenvalue weighted by Crippen LogP contribution is -2.36. The molecular formula is C13H20ClN3S. The van der Waals surface area contributed by atoms with E-state index in [4.69, 9.17) is 23.8 Å². The molecule has 0 saturated heterocycles. The summed E-state index contributed by atoms with van der Waals surface area (Å²) in [7, 11) is 4.13. The van der Waals surface area contributed by atoms with Crippen LogP contribution in [0.3, 0.4) is 0 Å². The average Bonchev–Trinajstić information content (AvgIpc) is 2.33. The molecule has 0 spiro atoms. The van der Waals surface area contributed by atoms with Gasteiger partial charge in [0, 0.05) is 18.1 Å². The van der Waals surface area contributed by atoms with E-state index >= 15 is 0 Å². The zero-order chi connectivity index (χ0) is 13.4. The number of nitrogens with zero attached hydrogens (tertiary/aromatic N) is 1. The van der Waals surface area contributed by atoms with Crippen molar-refractivity contribution >= 4 is 28.9 Å². The number of thiocarbonyl (C=S) groups is 1. The van der Waals surface area contributed by atoms with Crippen molar-refractivity contribution in [1.29, 1.82) is 0 Å². The standard InChI is InChI=1S/C13H20ClN3S/c1-17(2)9-5-8-15-13(18)16-10-11-6-3-4-7-12(11)14/h3-4,6-7H,5,8-10H2,1-2H3,(H2,15,16,18). The van der Waals surface area contributed by atoms with Gasteiger partial charge in [-0.15, -0.1) is 0 Å². The summed E-state index contributed by atoms with van der Waals surface area (Å²) in [5, 5.41) is 7.77. The van der Waals surface area contributed by atoms with Crippen LogP contribution >= 0.6 is 23.8 Å². The molecule has 2 N–H and O–H groups in total. The van der Waals surface area contributed by atoms with Crippen LogP contribution in [-0.4, -0.2) is 37.2 Å². The number of hydrogen-bond donors (Lipinski definition) is 2. The minimum absolute atomic E-state index is 0.652. The predicted molar refractivity (Wildman–Crippen MR) is 82.1 cm³/mol. The lowest BCUT2D eigenvalue weighted by molar-refractivity contribution is 0.400. The largest absolute Gasteiger partial charge is 0.363 e. The second-order valence-electron chi connectivity index (χ2n) is 4.36. The van der Waals surface area contributed by atoms with Gasteiger partial charge in [-0.3, -0.25) is 0 Å². The first-order chi connectivity index (χ1) is 8.59. The third-order valence-electron chi connectivity index (χ3n) is 2.46. The highest BCUT2D eigenvalue weighted by atomic mass is 35.5. The molecule has 1 aromatic carbocycles. The Hall–Kier alpha value is -0.840. The van der Waals surface area contributed by atoms with E-state index in [1.165, 1.54) is 0 Å². The molecule has 0 saturated carbocycles. The maximum atomic E-state index is 6.06. The van der Waals surface area contributed by atoms with E-state index in [1.807, 2.05) is 24.3 Å². The maximum absolute atomic E-state index is 6.06. The van der Waals surface area contributed by atoms with Crippen molar-refractivity contribution in [3.05, 3.63) is 34.9 Å². The van der Waals surface area contributed by atoms with Crippen molar-refractivity contribution in [2.24, 2.45) is 0 Å². The highest BCUT2D eigenvalue weighted by molar-refractivity contribution is 7.80. The van der Waals surface area contributed by atoms with E-state index in [2.05, 4.69) is 29.6 Å². The Bertz CT molecular complexity index is 382. The smallest absolute Gasteiger partial charge is 0.166 e. The van der Waals surface area contributed by atoms with Crippen molar-refractivity contribution in [2.75, 3.05) is 27.2 Å². The molecule has 100 valence electrons. The number of halogens is 1. The molecule has 5 heteroatoms. The molecular weight excluding hydrogens is 266 g/mol. The molecule has 0 aliphatic rings. The van der Waals surface area contributed by atoms with Crippen LogP contribution < -0.4 is 10.6 Å². The Balaban J connectivity index is 2.19. The molecule has 0 atom stereocenters. The monoisotopic (exact) mass is 285 g/mol. The first-order valence-electron chi connectivity index (χ1n) is 5.99. The van der Waals surface area contributed by atoms with Crippen LogP contribution in [0.1, 0.15) is 12.0 Å². The second kappa shape index (κ2) is 8.29. The molecule has 0 heterocycles. The molecule has 0 unspecified atom stereocenters. The summed E-state index contributed by atoms with van der Waals surface area (Å²) in [4.78, 5) is 2.15. The van der Waals surface area contributed by atoms with Crippen LogP contribution in [0.4, 0.5) is 0 Å². The molecule has 0 bridgehead atoms. The van der Waals surface area contributed by atoms with Crippen LogP contribution in [0.25, 0.3) is 0 Å². The molecule has 0 aromatic heterocycles. The van der Waals surface area contributed by atoms with E-state index in [-0.39, 0.29) is 0 Å². The Morgan fingerprint density at radius 1 is 1.28 bits per heavy atom. The van der Waals surface area contributed by atoms with Gasteiger partial charge >= 0.3 is 0 Å². The van der Waals surface area contributed by atoms with Crippen molar-refractivity contribution in [1.82, 2.24) is 15.5 Å². The van der Waals surface area contributed by atoms with Crippen LogP contribution in [0.15, 0.2) is 24.3 Å². The molecule has 0 aliphatic heterocycles. The van der Waals surface area contributed by atoms with E-state index in [9.17, 15) is 0 Å². The fourth-order valence-corrected chi connectivity index (χ4v) is 1.85. The topological polar surface area (TPSA) is 27.3 Å². The highest BCUT2D eigenvalue weighted by Crippen LogP contribution is 2.13. The first kappa shape index (κ1) is 15.2. The van der Waals surface area contributed by atoms with Gasteiger partial charge in [0.15, 0.2) is 5.11 Å². The van der Waals surface area contributed by atoms with Crippen molar-refractivity contribution in [3.63, 3.8) is 0 Å². The molecule has 0 amide bonds. The third kappa shape index (κ3) is 6.19. The zero-order valence-corrected chi connectivity index (χ0v) is 12.4. The third-order valence-corrected chi connectivity index (χ3v) is 3.12. The van der Waals surface area contributed by atoms with Gasteiger partial charge in [0.2, 0.25) is 0 Å². The minimum Gasteiger partial charge on any atom is -0.363 e. The summed E-state index contributed by atoms with van der Waals surface area (Å²) < 4.78 is 0. The van der Waals surface area contributed by atoms with Gasteiger partial charge < -0.3 is 15.5 Å². The van der Waals surface area contributed by atoms with E-state index < -0.39 is 0 Å². The summed E-state index contributed by atoms with van der Waals surface area (Å²) in [5.41, 5.74) is 1.05. The Morgan fingerprint density at radius 2 is 2.00 bits per heavy atom. The van der Waals surface area contributed by atoms with E-state index in [0.29, 0.717) is 11.7 Å². The molecule has 0 radical (unpaired) electrons. The van der Waals surface area contributed by atoms with Gasteiger partial charge in [-0.1, -0.05) is 29.8 Å². The number of benzene rings is 1. The van der Waals surface area contributed by atoms with Gasteiger partial charge in [0.1, 0.15) is 0 Å². The van der Waals surface area contributed by atoms with Crippen molar-refractivity contribution in [2.45, 2.75) is 13.0 Å². The molecule has 0 fully saturated rings. The van der Waals surface area contributed by atoms with Crippen molar-refractivity contribution < 1.29 is 0 Å². The van der Waals surface area contributed by atoms with Gasteiger partial charge in [-0.2, -0.15) is 0 Å². The van der Waals surface area contributed by atoms with Crippen molar-refractivity contribution in [3.8, 4) is 0 Å². The van der Waals surface area contributed by atoms with Crippen LogP contribution in [0.5, 0.6) is 0 Å². The fraction of sp³-hybridized carbons (Fsp3) is 0.462. The van der Waals surface area contributed by atoms with Gasteiger partial charge in [0.05, 0.1) is 0 Å². The average molecular weight is 286 g/mol. The van der Waals surface area contributed by atoms with E-state index in [1.54, 1.807) is 0 Å². The normalized spacial score (nSPS) is 10.4. The first-order valence-corrected chi connectivity index (χ1v) is 6.78. The van der Waals surface area contributed by atoms with Crippen LogP contribution in [0.2, 0.25) is 5.02 Å². The van der Waals surface area contributed by atoms with Gasteiger partial charge in [-0.25, -0.2) is 0 Å². The van der Waals surface area contributed by atoms with Crippen LogP contribution in [-0.2, 0) is 6.54 Å². The number of nitrogens with one attached hydrogen (secondary N) is 2. The fourth-order valence-electron chi connectivity index (χ4n) is 1.48. The summed E-state index contributed by atoms with van der Waals surface area (Å²) >= 11 is 11.3. The Morgan fingerprint density at radius 3 is 2.67 bits per heavy atom. The Kier molecular flexibility index (Phi) is 7.01. The summed E-state index contributed by atoms with van der Waals surface area (Å²) in [6.07, 6.45) is 1.07. The molecule has 1 aromatic rings. The van der Waals surface area contributed by atoms with E-state index in [0.717, 1.165) is 30.1 Å².